The molecule has 28 heavy (non-hydrogen) atoms. The Morgan fingerprint density at radius 2 is 1.71 bits per heavy atom. The van der Waals surface area contributed by atoms with E-state index in [0.29, 0.717) is 11.5 Å². The Bertz CT molecular complexity index is 1000. The van der Waals surface area contributed by atoms with Crippen molar-refractivity contribution in [1.82, 2.24) is 10.3 Å². The van der Waals surface area contributed by atoms with E-state index in [9.17, 15) is 4.79 Å². The molecular weight excluding hydrogens is 346 g/mol. The number of aromatic nitrogens is 1. The molecule has 1 saturated heterocycles. The lowest BCUT2D eigenvalue weighted by Gasteiger charge is -2.22. The fourth-order valence-electron chi connectivity index (χ4n) is 4.25. The van der Waals surface area contributed by atoms with Crippen LogP contribution in [0.1, 0.15) is 61.0 Å². The number of H-pyrrole nitrogens is 1. The molecule has 4 N–H and O–H groups in total. The van der Waals surface area contributed by atoms with Crippen LogP contribution in [-0.4, -0.2) is 24.0 Å². The Hall–Kier alpha value is -2.59. The number of aromatic amines is 1. The summed E-state index contributed by atoms with van der Waals surface area (Å²) >= 11 is 0. The largest absolute Gasteiger partial charge is 0.366 e. The van der Waals surface area contributed by atoms with Crippen LogP contribution in [0, 0.1) is 0 Å². The zero-order chi connectivity index (χ0) is 19.9. The summed E-state index contributed by atoms with van der Waals surface area (Å²) in [7, 11) is 0. The third-order valence-corrected chi connectivity index (χ3v) is 5.95. The van der Waals surface area contributed by atoms with Gasteiger partial charge in [-0.1, -0.05) is 45.0 Å². The molecule has 0 aliphatic carbocycles. The number of benzene rings is 2. The van der Waals surface area contributed by atoms with Gasteiger partial charge >= 0.3 is 0 Å². The van der Waals surface area contributed by atoms with Gasteiger partial charge in [-0.3, -0.25) is 4.79 Å². The number of nitrogens with one attached hydrogen (secondary N) is 2. The number of amides is 1. The number of piperidine rings is 1. The van der Waals surface area contributed by atoms with Crippen LogP contribution in [0.4, 0.5) is 0 Å². The maximum absolute atomic E-state index is 12.2. The molecule has 0 radical (unpaired) electrons. The van der Waals surface area contributed by atoms with E-state index in [1.54, 1.807) is 0 Å². The molecule has 0 atom stereocenters. The number of rotatable bonds is 3. The summed E-state index contributed by atoms with van der Waals surface area (Å²) in [6, 6.07) is 12.8. The van der Waals surface area contributed by atoms with Crippen molar-refractivity contribution >= 4 is 16.8 Å². The molecule has 0 bridgehead atoms. The summed E-state index contributed by atoms with van der Waals surface area (Å²) in [6.07, 6.45) is 4.30. The second-order valence-electron chi connectivity index (χ2n) is 8.91. The SMILES string of the molecule is CC(C)(C)c1ccc(-c2cc(C(N)=O)c3[nH]cc(C4CCNCC4)c3c2)cc1. The molecule has 0 spiro atoms. The Labute approximate surface area is 166 Å². The lowest BCUT2D eigenvalue weighted by Crippen LogP contribution is -2.26. The minimum Gasteiger partial charge on any atom is -0.366 e. The van der Waals surface area contributed by atoms with Crippen molar-refractivity contribution in [2.45, 2.75) is 44.9 Å². The number of carbonyl (C=O) groups is 1. The molecule has 0 saturated carbocycles. The standard InChI is InChI=1S/C24H29N3O/c1-24(2,3)18-6-4-15(5-7-18)17-12-19-21(16-8-10-26-11-9-16)14-27-22(19)20(13-17)23(25)28/h4-7,12-14,16,26-27H,8-11H2,1-3H3,(H2,25,28). The van der Waals surface area contributed by atoms with E-state index in [1.165, 1.54) is 11.1 Å². The molecule has 2 aromatic carbocycles. The topological polar surface area (TPSA) is 70.9 Å². The molecule has 4 nitrogen and oxygen atoms in total. The van der Waals surface area contributed by atoms with Crippen LogP contribution in [0.15, 0.2) is 42.6 Å². The van der Waals surface area contributed by atoms with E-state index in [-0.39, 0.29) is 5.41 Å². The van der Waals surface area contributed by atoms with Crippen molar-refractivity contribution in [2.75, 3.05) is 13.1 Å². The maximum atomic E-state index is 12.2. The van der Waals surface area contributed by atoms with Crippen LogP contribution in [0.25, 0.3) is 22.0 Å². The Morgan fingerprint density at radius 1 is 1.04 bits per heavy atom. The minimum absolute atomic E-state index is 0.115. The lowest BCUT2D eigenvalue weighted by molar-refractivity contribution is 0.100. The normalized spacial score (nSPS) is 15.8. The minimum atomic E-state index is -0.392. The van der Waals surface area contributed by atoms with Crippen LogP contribution < -0.4 is 11.1 Å². The summed E-state index contributed by atoms with van der Waals surface area (Å²) in [5, 5.41) is 4.55. The van der Waals surface area contributed by atoms with E-state index in [0.717, 1.165) is 48.0 Å². The molecular formula is C24H29N3O. The summed E-state index contributed by atoms with van der Waals surface area (Å²) < 4.78 is 0. The predicted molar refractivity (Wildman–Crippen MR) is 116 cm³/mol. The predicted octanol–water partition coefficient (Wildman–Crippen LogP) is 4.70. The number of nitrogens with two attached hydrogens (primary N) is 1. The highest BCUT2D eigenvalue weighted by Gasteiger charge is 2.21. The van der Waals surface area contributed by atoms with Crippen molar-refractivity contribution in [2.24, 2.45) is 5.73 Å². The van der Waals surface area contributed by atoms with Gasteiger partial charge in [-0.2, -0.15) is 0 Å². The average molecular weight is 376 g/mol. The van der Waals surface area contributed by atoms with E-state index in [1.807, 2.05) is 6.07 Å². The molecule has 2 heterocycles. The Balaban J connectivity index is 1.83. The number of hydrogen-bond donors (Lipinski definition) is 3. The van der Waals surface area contributed by atoms with Crippen molar-refractivity contribution in [3.63, 3.8) is 0 Å². The number of primary amides is 1. The molecule has 0 unspecified atom stereocenters. The number of hydrogen-bond acceptors (Lipinski definition) is 2. The second-order valence-corrected chi connectivity index (χ2v) is 8.91. The fraction of sp³-hybridized carbons (Fsp3) is 0.375. The lowest BCUT2D eigenvalue weighted by atomic mass is 9.85. The van der Waals surface area contributed by atoms with Crippen LogP contribution >= 0.6 is 0 Å². The van der Waals surface area contributed by atoms with E-state index >= 15 is 0 Å². The van der Waals surface area contributed by atoms with E-state index < -0.39 is 5.91 Å². The van der Waals surface area contributed by atoms with Gasteiger partial charge in [-0.15, -0.1) is 0 Å². The van der Waals surface area contributed by atoms with Crippen molar-refractivity contribution in [3.05, 3.63) is 59.3 Å². The van der Waals surface area contributed by atoms with E-state index in [2.05, 4.69) is 67.6 Å². The van der Waals surface area contributed by atoms with Crippen molar-refractivity contribution in [3.8, 4) is 11.1 Å². The van der Waals surface area contributed by atoms with E-state index in [4.69, 9.17) is 5.73 Å². The smallest absolute Gasteiger partial charge is 0.250 e. The van der Waals surface area contributed by atoms with Crippen molar-refractivity contribution in [1.29, 1.82) is 0 Å². The quantitative estimate of drug-likeness (QED) is 0.621. The highest BCUT2D eigenvalue weighted by molar-refractivity contribution is 6.07. The Morgan fingerprint density at radius 3 is 2.32 bits per heavy atom. The molecule has 146 valence electrons. The summed E-state index contributed by atoms with van der Waals surface area (Å²) in [4.78, 5) is 15.5. The first kappa shape index (κ1) is 18.8. The fourth-order valence-corrected chi connectivity index (χ4v) is 4.25. The van der Waals surface area contributed by atoms with Gasteiger partial charge in [0.25, 0.3) is 5.91 Å². The average Bonchev–Trinajstić information content (AvgIpc) is 3.11. The summed E-state index contributed by atoms with van der Waals surface area (Å²) in [5.41, 5.74) is 12.0. The molecule has 4 heteroatoms. The molecule has 1 aliphatic heterocycles. The van der Waals surface area contributed by atoms with Gasteiger partial charge in [0.1, 0.15) is 0 Å². The first-order chi connectivity index (χ1) is 13.3. The molecule has 4 rings (SSSR count). The van der Waals surface area contributed by atoms with Crippen LogP contribution in [0.3, 0.4) is 0 Å². The summed E-state index contributed by atoms with van der Waals surface area (Å²) in [6.45, 7) is 8.71. The number of carbonyl (C=O) groups excluding carboxylic acids is 1. The molecule has 1 amide bonds. The van der Waals surface area contributed by atoms with Gasteiger partial charge in [0.15, 0.2) is 0 Å². The van der Waals surface area contributed by atoms with Crippen LogP contribution in [0.5, 0.6) is 0 Å². The third kappa shape index (κ3) is 3.45. The zero-order valence-electron chi connectivity index (χ0n) is 16.9. The third-order valence-electron chi connectivity index (χ3n) is 5.95. The second kappa shape index (κ2) is 7.10. The summed E-state index contributed by atoms with van der Waals surface area (Å²) in [5.74, 6) is 0.117. The number of fused-ring (bicyclic) bond motifs is 1. The van der Waals surface area contributed by atoms with Crippen molar-refractivity contribution < 1.29 is 4.79 Å². The van der Waals surface area contributed by atoms with Gasteiger partial charge in [0, 0.05) is 11.6 Å². The molecule has 3 aromatic rings. The van der Waals surface area contributed by atoms with Crippen LogP contribution in [0.2, 0.25) is 0 Å². The highest BCUT2D eigenvalue weighted by Crippen LogP contribution is 2.36. The Kier molecular flexibility index (Phi) is 4.76. The molecule has 1 aromatic heterocycles. The van der Waals surface area contributed by atoms with Gasteiger partial charge in [-0.05, 0) is 71.7 Å². The molecule has 1 aliphatic rings. The monoisotopic (exact) mass is 375 g/mol. The van der Waals surface area contributed by atoms with Gasteiger partial charge in [-0.25, -0.2) is 0 Å². The molecule has 1 fully saturated rings. The zero-order valence-corrected chi connectivity index (χ0v) is 16.9. The van der Waals surface area contributed by atoms with Gasteiger partial charge in [0.05, 0.1) is 11.1 Å². The highest BCUT2D eigenvalue weighted by atomic mass is 16.1. The first-order valence-corrected chi connectivity index (χ1v) is 10.1. The first-order valence-electron chi connectivity index (χ1n) is 10.1. The maximum Gasteiger partial charge on any atom is 0.250 e. The van der Waals surface area contributed by atoms with Crippen LogP contribution in [-0.2, 0) is 5.41 Å². The van der Waals surface area contributed by atoms with Gasteiger partial charge in [0.2, 0.25) is 0 Å². The van der Waals surface area contributed by atoms with Gasteiger partial charge < -0.3 is 16.0 Å².